The highest BCUT2D eigenvalue weighted by Crippen LogP contribution is 2.15. The van der Waals surface area contributed by atoms with Crippen LogP contribution in [0.2, 0.25) is 0 Å². The number of aliphatic hydroxyl groups excluding tert-OH is 1. The first-order chi connectivity index (χ1) is 10.0. The molecule has 0 heterocycles. The van der Waals surface area contributed by atoms with Crippen LogP contribution in [-0.2, 0) is 9.53 Å². The Hall–Kier alpha value is -1.44. The van der Waals surface area contributed by atoms with E-state index in [1.165, 1.54) is 7.11 Å². The number of ether oxygens (including phenoxy) is 1. The molecule has 1 atom stereocenters. The first kappa shape index (κ1) is 17.6. The van der Waals surface area contributed by atoms with Gasteiger partial charge in [-0.2, -0.15) is 0 Å². The van der Waals surface area contributed by atoms with Gasteiger partial charge in [-0.15, -0.1) is 0 Å². The number of hydrogen-bond donors (Lipinski definition) is 3. The molecule has 0 fully saturated rings. The highest BCUT2D eigenvalue weighted by Gasteiger charge is 2.11. The molecule has 1 rings (SSSR count). The van der Waals surface area contributed by atoms with Crippen molar-refractivity contribution in [2.45, 2.75) is 12.5 Å². The van der Waals surface area contributed by atoms with Gasteiger partial charge in [0.25, 0.3) is 5.91 Å². The van der Waals surface area contributed by atoms with Crippen LogP contribution >= 0.6 is 15.9 Å². The fourth-order valence-corrected chi connectivity index (χ4v) is 2.08. The van der Waals surface area contributed by atoms with Crippen molar-refractivity contribution < 1.29 is 19.4 Å². The number of nitrogens with one attached hydrogen (secondary N) is 2. The van der Waals surface area contributed by atoms with Crippen LogP contribution < -0.4 is 10.6 Å². The number of benzene rings is 1. The Morgan fingerprint density at radius 2 is 2.05 bits per heavy atom. The number of halogens is 1. The largest absolute Gasteiger partial charge is 0.391 e. The average Bonchev–Trinajstić information content (AvgIpc) is 2.45. The standard InChI is InChI=1S/C14H19BrN2O4/c1-21-9-10(18)6-7-16-13(19)8-17-14(20)11-4-2-3-5-12(11)15/h2-5,10,18H,6-9H2,1H3,(H,16,19)(H,17,20). The van der Waals surface area contributed by atoms with E-state index in [-0.39, 0.29) is 25.0 Å². The van der Waals surface area contributed by atoms with Crippen LogP contribution in [0, 0.1) is 0 Å². The molecule has 1 unspecified atom stereocenters. The van der Waals surface area contributed by atoms with Crippen molar-refractivity contribution in [3.05, 3.63) is 34.3 Å². The third-order valence-electron chi connectivity index (χ3n) is 2.69. The van der Waals surface area contributed by atoms with E-state index in [4.69, 9.17) is 4.74 Å². The van der Waals surface area contributed by atoms with E-state index >= 15 is 0 Å². The summed E-state index contributed by atoms with van der Waals surface area (Å²) in [6.07, 6.45) is -0.206. The summed E-state index contributed by atoms with van der Waals surface area (Å²) >= 11 is 3.28. The van der Waals surface area contributed by atoms with Gasteiger partial charge in [0.15, 0.2) is 0 Å². The fourth-order valence-electron chi connectivity index (χ4n) is 1.62. The van der Waals surface area contributed by atoms with Crippen LogP contribution in [0.15, 0.2) is 28.7 Å². The SMILES string of the molecule is COCC(O)CCNC(=O)CNC(=O)c1ccccc1Br. The maximum absolute atomic E-state index is 11.9. The topological polar surface area (TPSA) is 87.7 Å². The van der Waals surface area contributed by atoms with Gasteiger partial charge in [0, 0.05) is 18.1 Å². The summed E-state index contributed by atoms with van der Waals surface area (Å²) in [5, 5.41) is 14.6. The molecule has 0 aliphatic heterocycles. The van der Waals surface area contributed by atoms with Gasteiger partial charge in [0.05, 0.1) is 24.8 Å². The van der Waals surface area contributed by atoms with Crippen molar-refractivity contribution in [3.63, 3.8) is 0 Å². The predicted molar refractivity (Wildman–Crippen MR) is 82.0 cm³/mol. The van der Waals surface area contributed by atoms with Crippen molar-refractivity contribution in [2.24, 2.45) is 0 Å². The summed E-state index contributed by atoms with van der Waals surface area (Å²) in [5.41, 5.74) is 0.473. The van der Waals surface area contributed by atoms with Gasteiger partial charge >= 0.3 is 0 Å². The Kier molecular flexibility index (Phi) is 7.96. The van der Waals surface area contributed by atoms with Gasteiger partial charge < -0.3 is 20.5 Å². The molecule has 0 saturated carbocycles. The van der Waals surface area contributed by atoms with Gasteiger partial charge in [-0.05, 0) is 34.5 Å². The minimum Gasteiger partial charge on any atom is -0.391 e. The summed E-state index contributed by atoms with van der Waals surface area (Å²) in [6, 6.07) is 6.97. The van der Waals surface area contributed by atoms with Crippen molar-refractivity contribution in [3.8, 4) is 0 Å². The van der Waals surface area contributed by atoms with E-state index in [0.717, 1.165) is 0 Å². The lowest BCUT2D eigenvalue weighted by atomic mass is 10.2. The zero-order chi connectivity index (χ0) is 15.7. The monoisotopic (exact) mass is 358 g/mol. The number of rotatable bonds is 8. The van der Waals surface area contributed by atoms with Gasteiger partial charge in [0.2, 0.25) is 5.91 Å². The Morgan fingerprint density at radius 1 is 1.33 bits per heavy atom. The smallest absolute Gasteiger partial charge is 0.252 e. The number of amides is 2. The number of hydrogen-bond acceptors (Lipinski definition) is 4. The van der Waals surface area contributed by atoms with Crippen molar-refractivity contribution in [1.82, 2.24) is 10.6 Å². The van der Waals surface area contributed by atoms with Crippen LogP contribution in [0.5, 0.6) is 0 Å². The first-order valence-electron chi connectivity index (χ1n) is 6.51. The Morgan fingerprint density at radius 3 is 2.71 bits per heavy atom. The number of carbonyl (C=O) groups is 2. The molecule has 21 heavy (non-hydrogen) atoms. The minimum atomic E-state index is -0.606. The molecule has 3 N–H and O–H groups in total. The maximum atomic E-state index is 11.9. The lowest BCUT2D eigenvalue weighted by Gasteiger charge is -2.10. The minimum absolute atomic E-state index is 0.111. The van der Waals surface area contributed by atoms with E-state index in [1.807, 2.05) is 0 Å². The fraction of sp³-hybridized carbons (Fsp3) is 0.429. The van der Waals surface area contributed by atoms with Crippen LogP contribution in [0.4, 0.5) is 0 Å². The first-order valence-corrected chi connectivity index (χ1v) is 7.30. The van der Waals surface area contributed by atoms with Crippen LogP contribution in [-0.4, -0.2) is 49.8 Å². The lowest BCUT2D eigenvalue weighted by molar-refractivity contribution is -0.120. The van der Waals surface area contributed by atoms with Gasteiger partial charge in [-0.25, -0.2) is 0 Å². The molecule has 7 heteroatoms. The van der Waals surface area contributed by atoms with E-state index in [0.29, 0.717) is 23.0 Å². The van der Waals surface area contributed by atoms with E-state index in [9.17, 15) is 14.7 Å². The zero-order valence-electron chi connectivity index (χ0n) is 11.8. The molecule has 1 aromatic carbocycles. The summed E-state index contributed by atoms with van der Waals surface area (Å²) in [6.45, 7) is 0.448. The van der Waals surface area contributed by atoms with Crippen molar-refractivity contribution in [2.75, 3.05) is 26.8 Å². The highest BCUT2D eigenvalue weighted by molar-refractivity contribution is 9.10. The molecular formula is C14H19BrN2O4. The molecule has 0 radical (unpaired) electrons. The normalized spacial score (nSPS) is 11.8. The molecule has 0 saturated heterocycles. The molecule has 0 aliphatic carbocycles. The van der Waals surface area contributed by atoms with Crippen LogP contribution in [0.25, 0.3) is 0 Å². The molecule has 2 amide bonds. The number of aliphatic hydroxyl groups is 1. The molecule has 6 nitrogen and oxygen atoms in total. The Labute approximate surface area is 132 Å². The van der Waals surface area contributed by atoms with Gasteiger partial charge in [0.1, 0.15) is 0 Å². The second-order valence-corrected chi connectivity index (χ2v) is 5.26. The van der Waals surface area contributed by atoms with E-state index in [1.54, 1.807) is 24.3 Å². The summed E-state index contributed by atoms with van der Waals surface area (Å²) in [7, 11) is 1.50. The van der Waals surface area contributed by atoms with E-state index in [2.05, 4.69) is 26.6 Å². The third kappa shape index (κ3) is 6.70. The van der Waals surface area contributed by atoms with Crippen LogP contribution in [0.3, 0.4) is 0 Å². The summed E-state index contributed by atoms with van der Waals surface area (Å²) in [5.74, 6) is -0.628. The van der Waals surface area contributed by atoms with Crippen LogP contribution in [0.1, 0.15) is 16.8 Å². The second kappa shape index (κ2) is 9.49. The lowest BCUT2D eigenvalue weighted by Crippen LogP contribution is -2.38. The molecule has 1 aromatic rings. The molecule has 0 spiro atoms. The van der Waals surface area contributed by atoms with Gasteiger partial charge in [-0.1, -0.05) is 12.1 Å². The van der Waals surface area contributed by atoms with E-state index < -0.39 is 6.10 Å². The maximum Gasteiger partial charge on any atom is 0.252 e. The summed E-state index contributed by atoms with van der Waals surface area (Å²) < 4.78 is 5.45. The number of methoxy groups -OCH3 is 1. The molecular weight excluding hydrogens is 340 g/mol. The molecule has 0 aliphatic rings. The van der Waals surface area contributed by atoms with Gasteiger partial charge in [-0.3, -0.25) is 9.59 Å². The Balaban J connectivity index is 2.27. The van der Waals surface area contributed by atoms with Crippen molar-refractivity contribution >= 4 is 27.7 Å². The third-order valence-corrected chi connectivity index (χ3v) is 3.38. The Bertz CT molecular complexity index is 482. The molecule has 0 aromatic heterocycles. The summed E-state index contributed by atoms with van der Waals surface area (Å²) in [4.78, 5) is 23.4. The average molecular weight is 359 g/mol. The predicted octanol–water partition coefficient (Wildman–Crippen LogP) is 0.693. The highest BCUT2D eigenvalue weighted by atomic mass is 79.9. The second-order valence-electron chi connectivity index (χ2n) is 4.41. The quantitative estimate of drug-likeness (QED) is 0.638. The van der Waals surface area contributed by atoms with Crippen molar-refractivity contribution in [1.29, 1.82) is 0 Å². The molecule has 0 bridgehead atoms. The zero-order valence-corrected chi connectivity index (χ0v) is 13.4. The number of carbonyl (C=O) groups excluding carboxylic acids is 2. The molecule has 116 valence electrons.